The van der Waals surface area contributed by atoms with E-state index in [1.54, 1.807) is 0 Å². The maximum absolute atomic E-state index is 15.1. The first kappa shape index (κ1) is 23.4. The van der Waals surface area contributed by atoms with Gasteiger partial charge in [-0.25, -0.2) is 41.3 Å². The summed E-state index contributed by atoms with van der Waals surface area (Å²) in [5.74, 6) is -2.95. The van der Waals surface area contributed by atoms with Crippen LogP contribution in [0.5, 0.6) is 0 Å². The summed E-state index contributed by atoms with van der Waals surface area (Å²) >= 11 is 0. The van der Waals surface area contributed by atoms with Crippen molar-refractivity contribution in [2.75, 3.05) is 31.6 Å². The maximum atomic E-state index is 15.1. The van der Waals surface area contributed by atoms with E-state index in [9.17, 15) is 22.0 Å². The molecule has 0 radical (unpaired) electrons. The SMILES string of the molecule is CNS(=O)(=O)c1cc(N2CC[C@@H](C(=O)N3OCC[C@H]3c3cc(F)cc(F)c3)[C@@H](F)C2)ncn1. The Morgan fingerprint density at radius 3 is 2.55 bits per heavy atom. The molecule has 0 bridgehead atoms. The number of hydrogen-bond acceptors (Lipinski definition) is 7. The van der Waals surface area contributed by atoms with Gasteiger partial charge in [-0.2, -0.15) is 0 Å². The van der Waals surface area contributed by atoms with Gasteiger partial charge in [-0.1, -0.05) is 0 Å². The zero-order valence-corrected chi connectivity index (χ0v) is 18.4. The summed E-state index contributed by atoms with van der Waals surface area (Å²) in [5, 5.41) is 0.767. The van der Waals surface area contributed by atoms with Crippen LogP contribution in [0.3, 0.4) is 0 Å². The Morgan fingerprint density at radius 2 is 1.88 bits per heavy atom. The molecule has 2 aromatic rings. The van der Waals surface area contributed by atoms with Crippen LogP contribution in [-0.2, 0) is 19.7 Å². The van der Waals surface area contributed by atoms with E-state index in [1.807, 2.05) is 0 Å². The smallest absolute Gasteiger partial charge is 0.257 e. The van der Waals surface area contributed by atoms with E-state index in [0.29, 0.717) is 6.42 Å². The summed E-state index contributed by atoms with van der Waals surface area (Å²) < 4.78 is 68.5. The molecule has 2 fully saturated rings. The van der Waals surface area contributed by atoms with E-state index in [1.165, 1.54) is 18.0 Å². The largest absolute Gasteiger partial charge is 0.354 e. The summed E-state index contributed by atoms with van der Waals surface area (Å²) in [6, 6.07) is 3.51. The number of hydroxylamine groups is 2. The van der Waals surface area contributed by atoms with Gasteiger partial charge in [0, 0.05) is 25.1 Å². The van der Waals surface area contributed by atoms with Crippen molar-refractivity contribution in [2.45, 2.75) is 30.1 Å². The lowest BCUT2D eigenvalue weighted by molar-refractivity contribution is -0.184. The van der Waals surface area contributed by atoms with E-state index < -0.39 is 45.7 Å². The highest BCUT2D eigenvalue weighted by Gasteiger charge is 2.42. The highest BCUT2D eigenvalue weighted by Crippen LogP contribution is 2.35. The number of sulfonamides is 1. The predicted molar refractivity (Wildman–Crippen MR) is 110 cm³/mol. The number of alkyl halides is 1. The second kappa shape index (κ2) is 9.23. The molecule has 178 valence electrons. The minimum absolute atomic E-state index is 0.113. The van der Waals surface area contributed by atoms with Crippen LogP contribution < -0.4 is 9.62 Å². The van der Waals surface area contributed by atoms with Crippen LogP contribution >= 0.6 is 0 Å². The van der Waals surface area contributed by atoms with Gasteiger partial charge in [0.05, 0.1) is 25.1 Å². The van der Waals surface area contributed by atoms with E-state index >= 15 is 4.39 Å². The summed E-state index contributed by atoms with van der Waals surface area (Å²) in [6.45, 7) is 0.202. The zero-order chi connectivity index (χ0) is 23.8. The molecule has 2 aliphatic rings. The molecule has 2 saturated heterocycles. The molecule has 0 aliphatic carbocycles. The fourth-order valence-electron chi connectivity index (χ4n) is 4.07. The number of nitrogens with zero attached hydrogens (tertiary/aromatic N) is 4. The zero-order valence-electron chi connectivity index (χ0n) is 17.6. The number of amides is 1. The number of anilines is 1. The van der Waals surface area contributed by atoms with E-state index in [2.05, 4.69) is 14.7 Å². The second-order valence-electron chi connectivity index (χ2n) is 7.78. The minimum Gasteiger partial charge on any atom is -0.354 e. The standard InChI is InChI=1S/C20H22F3N5O4S/c1-24-33(30,31)19-9-18(25-11-26-19)27-4-2-15(16(23)10-27)20(29)28-17(3-5-32-28)12-6-13(21)8-14(22)7-12/h6-9,11,15-17,24H,2-5,10H2,1H3/t15-,16+,17+/m1/s1. The van der Waals surface area contributed by atoms with Crippen molar-refractivity contribution in [1.29, 1.82) is 0 Å². The lowest BCUT2D eigenvalue weighted by Gasteiger charge is -2.36. The molecule has 4 rings (SSSR count). The number of hydrogen-bond donors (Lipinski definition) is 1. The average Bonchev–Trinajstić information content (AvgIpc) is 3.28. The van der Waals surface area contributed by atoms with E-state index in [0.717, 1.165) is 29.6 Å². The van der Waals surface area contributed by atoms with Gasteiger partial charge < -0.3 is 4.90 Å². The Bertz CT molecular complexity index is 1130. The molecule has 33 heavy (non-hydrogen) atoms. The van der Waals surface area contributed by atoms with Gasteiger partial charge in [-0.15, -0.1) is 0 Å². The molecule has 1 aromatic heterocycles. The summed E-state index contributed by atoms with van der Waals surface area (Å²) in [4.78, 5) is 27.8. The van der Waals surface area contributed by atoms with Crippen molar-refractivity contribution in [3.8, 4) is 0 Å². The summed E-state index contributed by atoms with van der Waals surface area (Å²) in [7, 11) is -2.55. The number of nitrogens with one attached hydrogen (secondary N) is 1. The molecular weight excluding hydrogens is 463 g/mol. The van der Waals surface area contributed by atoms with Crippen LogP contribution in [0.25, 0.3) is 0 Å². The molecule has 0 spiro atoms. The van der Waals surface area contributed by atoms with Gasteiger partial charge in [0.1, 0.15) is 30.0 Å². The topological polar surface area (TPSA) is 105 Å². The average molecular weight is 485 g/mol. The number of aromatic nitrogens is 2. The van der Waals surface area contributed by atoms with Crippen LogP contribution in [0.4, 0.5) is 19.0 Å². The third kappa shape index (κ3) is 4.80. The van der Waals surface area contributed by atoms with Gasteiger partial charge in [-0.3, -0.25) is 9.63 Å². The molecule has 3 atom stereocenters. The number of benzene rings is 1. The number of carbonyl (C=O) groups is 1. The molecule has 1 amide bonds. The quantitative estimate of drug-likeness (QED) is 0.644. The Hall–Kier alpha value is -2.77. The van der Waals surface area contributed by atoms with Crippen LogP contribution in [0.15, 0.2) is 35.6 Å². The first-order valence-corrected chi connectivity index (χ1v) is 11.7. The van der Waals surface area contributed by atoms with Gasteiger partial charge in [0.25, 0.3) is 15.9 Å². The van der Waals surface area contributed by atoms with Gasteiger partial charge in [0.2, 0.25) is 0 Å². The van der Waals surface area contributed by atoms with Gasteiger partial charge in [-0.05, 0) is 31.2 Å². The normalized spacial score (nSPS) is 23.7. The van der Waals surface area contributed by atoms with Crippen LogP contribution in [0.1, 0.15) is 24.4 Å². The van der Waals surface area contributed by atoms with Gasteiger partial charge in [0.15, 0.2) is 5.03 Å². The highest BCUT2D eigenvalue weighted by molar-refractivity contribution is 7.89. The first-order chi connectivity index (χ1) is 15.7. The lowest BCUT2D eigenvalue weighted by atomic mass is 9.93. The number of rotatable bonds is 5. The minimum atomic E-state index is -3.80. The van der Waals surface area contributed by atoms with Crippen molar-refractivity contribution >= 4 is 21.7 Å². The van der Waals surface area contributed by atoms with E-state index in [4.69, 9.17) is 4.84 Å². The van der Waals surface area contributed by atoms with Crippen molar-refractivity contribution < 1.29 is 31.2 Å². The molecule has 0 saturated carbocycles. The maximum Gasteiger partial charge on any atom is 0.257 e. The first-order valence-electron chi connectivity index (χ1n) is 10.3. The van der Waals surface area contributed by atoms with Crippen molar-refractivity contribution in [3.05, 3.63) is 47.8 Å². The molecule has 3 heterocycles. The molecule has 9 nitrogen and oxygen atoms in total. The van der Waals surface area contributed by atoms with Gasteiger partial charge >= 0.3 is 0 Å². The Balaban J connectivity index is 1.48. The van der Waals surface area contributed by atoms with E-state index in [-0.39, 0.29) is 42.5 Å². The van der Waals surface area contributed by atoms with Crippen molar-refractivity contribution in [3.63, 3.8) is 0 Å². The number of piperidine rings is 1. The Kier molecular flexibility index (Phi) is 6.54. The monoisotopic (exact) mass is 485 g/mol. The lowest BCUT2D eigenvalue weighted by Crippen LogP contribution is -2.49. The fraction of sp³-hybridized carbons (Fsp3) is 0.450. The molecule has 1 N–H and O–H groups in total. The predicted octanol–water partition coefficient (Wildman–Crippen LogP) is 1.73. The second-order valence-corrected chi connectivity index (χ2v) is 9.62. The molecule has 13 heteroatoms. The molecule has 2 aliphatic heterocycles. The summed E-state index contributed by atoms with van der Waals surface area (Å²) in [5.41, 5.74) is 0.241. The van der Waals surface area contributed by atoms with Crippen molar-refractivity contribution in [2.24, 2.45) is 5.92 Å². The third-order valence-electron chi connectivity index (χ3n) is 5.75. The molecular formula is C20H22F3N5O4S. The third-order valence-corrected chi connectivity index (χ3v) is 7.06. The van der Waals surface area contributed by atoms with Crippen LogP contribution in [0.2, 0.25) is 0 Å². The van der Waals surface area contributed by atoms with Crippen LogP contribution in [0, 0.1) is 17.6 Å². The van der Waals surface area contributed by atoms with Crippen LogP contribution in [-0.4, -0.2) is 62.3 Å². The summed E-state index contributed by atoms with van der Waals surface area (Å²) in [6.07, 6.45) is -0.0825. The Morgan fingerprint density at radius 1 is 1.15 bits per heavy atom. The van der Waals surface area contributed by atoms with Crippen molar-refractivity contribution in [1.82, 2.24) is 19.8 Å². The fourth-order valence-corrected chi connectivity index (χ4v) is 4.72. The molecule has 0 unspecified atom stereocenters. The number of carbonyl (C=O) groups excluding carboxylic acids is 1. The molecule has 1 aromatic carbocycles. The Labute approximate surface area is 188 Å². The highest BCUT2D eigenvalue weighted by atomic mass is 32.2. The number of halogens is 3.